The van der Waals surface area contributed by atoms with Crippen LogP contribution < -0.4 is 0 Å². The molecule has 1 saturated heterocycles. The van der Waals surface area contributed by atoms with Crippen molar-refractivity contribution in [1.29, 1.82) is 0 Å². The van der Waals surface area contributed by atoms with Gasteiger partial charge in [0, 0.05) is 62.0 Å². The van der Waals surface area contributed by atoms with E-state index in [2.05, 4.69) is 62.2 Å². The van der Waals surface area contributed by atoms with Crippen molar-refractivity contribution in [3.63, 3.8) is 0 Å². The van der Waals surface area contributed by atoms with E-state index in [9.17, 15) is 4.79 Å². The highest BCUT2D eigenvalue weighted by Crippen LogP contribution is 2.28. The number of hydrogen-bond acceptors (Lipinski definition) is 5. The maximum atomic E-state index is 14.4. The van der Waals surface area contributed by atoms with Crippen LogP contribution in [-0.2, 0) is 16.0 Å². The molecule has 1 amide bonds. The van der Waals surface area contributed by atoms with Gasteiger partial charge in [-0.3, -0.25) is 14.1 Å². The number of carbonyl (C=O) groups excluding carboxylic acids is 1. The molecule has 1 fully saturated rings. The van der Waals surface area contributed by atoms with Crippen LogP contribution >= 0.6 is 11.3 Å². The minimum absolute atomic E-state index is 0.146. The third-order valence-corrected chi connectivity index (χ3v) is 8.49. The van der Waals surface area contributed by atoms with Gasteiger partial charge in [-0.25, -0.2) is 4.98 Å². The van der Waals surface area contributed by atoms with Crippen molar-refractivity contribution in [2.75, 3.05) is 45.9 Å². The van der Waals surface area contributed by atoms with E-state index in [1.807, 2.05) is 54.6 Å². The first-order valence-corrected chi connectivity index (χ1v) is 14.8. The minimum atomic E-state index is -0.340. The number of amides is 1. The van der Waals surface area contributed by atoms with Crippen LogP contribution in [0.15, 0.2) is 103 Å². The zero-order valence-corrected chi connectivity index (χ0v) is 23.4. The number of ether oxygens (including phenoxy) is 1. The Morgan fingerprint density at radius 3 is 2.15 bits per heavy atom. The van der Waals surface area contributed by atoms with E-state index in [0.29, 0.717) is 13.1 Å². The first kappa shape index (κ1) is 26.4. The van der Waals surface area contributed by atoms with Crippen LogP contribution in [0.2, 0.25) is 0 Å². The van der Waals surface area contributed by atoms with Crippen molar-refractivity contribution in [1.82, 2.24) is 19.2 Å². The molecule has 40 heavy (non-hydrogen) atoms. The summed E-state index contributed by atoms with van der Waals surface area (Å²) in [7, 11) is 0. The summed E-state index contributed by atoms with van der Waals surface area (Å²) < 4.78 is 7.73. The molecule has 0 N–H and O–H groups in total. The summed E-state index contributed by atoms with van der Waals surface area (Å²) in [6.45, 7) is 5.49. The molecular weight excluding hydrogens is 516 g/mol. The summed E-state index contributed by atoms with van der Waals surface area (Å²) in [6.07, 6.45) is 2.88. The zero-order chi connectivity index (χ0) is 27.1. The summed E-state index contributed by atoms with van der Waals surface area (Å²) >= 11 is 1.65. The molecule has 0 aliphatic carbocycles. The molecule has 0 unspecified atom stereocenters. The highest BCUT2D eigenvalue weighted by Gasteiger charge is 2.28. The molecule has 0 spiro atoms. The standard InChI is InChI=1S/C33H34N4O2S/c38-32(31(27-12-6-2-7-13-27)28-14-8-3-9-15-28)36(19-18-35-20-22-39-23-21-35)17-16-29-25-40-33-34-30(24-37(29)33)26-10-4-1-5-11-26/h1-15,24-25,31H,16-23H2. The van der Waals surface area contributed by atoms with Gasteiger partial charge >= 0.3 is 0 Å². The molecule has 3 heterocycles. The summed E-state index contributed by atoms with van der Waals surface area (Å²) in [5.74, 6) is -0.194. The quantitative estimate of drug-likeness (QED) is 0.227. The van der Waals surface area contributed by atoms with Crippen molar-refractivity contribution in [3.8, 4) is 11.3 Å². The molecule has 2 aromatic heterocycles. The summed E-state index contributed by atoms with van der Waals surface area (Å²) in [5.41, 5.74) is 5.31. The van der Waals surface area contributed by atoms with Crippen molar-refractivity contribution in [3.05, 3.63) is 119 Å². The summed E-state index contributed by atoms with van der Waals surface area (Å²) in [6, 6.07) is 30.6. The number of thiazole rings is 1. The van der Waals surface area contributed by atoms with Gasteiger partial charge < -0.3 is 9.64 Å². The number of hydrogen-bond donors (Lipinski definition) is 0. The van der Waals surface area contributed by atoms with Gasteiger partial charge in [-0.1, -0.05) is 91.0 Å². The second kappa shape index (κ2) is 12.6. The maximum absolute atomic E-state index is 14.4. The Balaban J connectivity index is 1.26. The molecule has 0 radical (unpaired) electrons. The van der Waals surface area contributed by atoms with Crippen LogP contribution in [0.1, 0.15) is 22.7 Å². The predicted octanol–water partition coefficient (Wildman–Crippen LogP) is 5.60. The van der Waals surface area contributed by atoms with Crippen LogP contribution in [0.25, 0.3) is 16.2 Å². The van der Waals surface area contributed by atoms with E-state index in [4.69, 9.17) is 9.72 Å². The second-order valence-electron chi connectivity index (χ2n) is 10.2. The lowest BCUT2D eigenvalue weighted by Crippen LogP contribution is -2.45. The maximum Gasteiger partial charge on any atom is 0.234 e. The largest absolute Gasteiger partial charge is 0.379 e. The van der Waals surface area contributed by atoms with E-state index in [1.54, 1.807) is 11.3 Å². The molecule has 1 aliphatic heterocycles. The Morgan fingerprint density at radius 1 is 0.875 bits per heavy atom. The molecule has 1 aliphatic rings. The van der Waals surface area contributed by atoms with E-state index in [-0.39, 0.29) is 11.8 Å². The summed E-state index contributed by atoms with van der Waals surface area (Å²) in [5, 5.41) is 2.17. The molecule has 5 aromatic rings. The fraction of sp³-hybridized carbons (Fsp3) is 0.273. The molecule has 3 aromatic carbocycles. The van der Waals surface area contributed by atoms with Gasteiger partial charge in [0.2, 0.25) is 5.91 Å². The SMILES string of the molecule is O=C(C(c1ccccc1)c1ccccc1)N(CCc1csc2nc(-c3ccccc3)cn12)CCN1CCOCC1. The topological polar surface area (TPSA) is 50.1 Å². The van der Waals surface area contributed by atoms with E-state index >= 15 is 0 Å². The first-order valence-electron chi connectivity index (χ1n) is 14.0. The molecule has 204 valence electrons. The average molecular weight is 551 g/mol. The molecule has 7 heteroatoms. The van der Waals surface area contributed by atoms with Crippen molar-refractivity contribution >= 4 is 22.2 Å². The highest BCUT2D eigenvalue weighted by atomic mass is 32.1. The number of benzene rings is 3. The number of aromatic nitrogens is 2. The lowest BCUT2D eigenvalue weighted by molar-refractivity contribution is -0.132. The fourth-order valence-corrected chi connectivity index (χ4v) is 6.28. The molecule has 0 bridgehead atoms. The van der Waals surface area contributed by atoms with Crippen molar-refractivity contribution in [2.45, 2.75) is 12.3 Å². The van der Waals surface area contributed by atoms with Crippen LogP contribution in [-0.4, -0.2) is 71.0 Å². The summed E-state index contributed by atoms with van der Waals surface area (Å²) in [4.78, 5) is 24.7. The lowest BCUT2D eigenvalue weighted by Gasteiger charge is -2.32. The Kier molecular flexibility index (Phi) is 8.33. The smallest absolute Gasteiger partial charge is 0.234 e. The highest BCUT2D eigenvalue weighted by molar-refractivity contribution is 7.15. The third kappa shape index (κ3) is 6.02. The van der Waals surface area contributed by atoms with Gasteiger partial charge in [-0.05, 0) is 11.1 Å². The molecular formula is C33H34N4O2S. The Hall–Kier alpha value is -3.78. The van der Waals surface area contributed by atoms with E-state index in [1.165, 1.54) is 5.69 Å². The molecule has 6 nitrogen and oxygen atoms in total. The van der Waals surface area contributed by atoms with Gasteiger partial charge in [0.1, 0.15) is 0 Å². The van der Waals surface area contributed by atoms with E-state index in [0.717, 1.165) is 66.6 Å². The lowest BCUT2D eigenvalue weighted by atomic mass is 9.90. The Morgan fingerprint density at radius 2 is 1.50 bits per heavy atom. The number of morpholine rings is 1. The van der Waals surface area contributed by atoms with Crippen molar-refractivity contribution < 1.29 is 9.53 Å². The number of fused-ring (bicyclic) bond motifs is 1. The van der Waals surface area contributed by atoms with Gasteiger partial charge in [-0.15, -0.1) is 11.3 Å². The minimum Gasteiger partial charge on any atom is -0.379 e. The van der Waals surface area contributed by atoms with Crippen LogP contribution in [0.4, 0.5) is 0 Å². The second-order valence-corrected chi connectivity index (χ2v) is 11.0. The van der Waals surface area contributed by atoms with Gasteiger partial charge in [0.25, 0.3) is 0 Å². The molecule has 0 saturated carbocycles. The van der Waals surface area contributed by atoms with Crippen molar-refractivity contribution in [2.24, 2.45) is 0 Å². The molecule has 0 atom stereocenters. The average Bonchev–Trinajstić information content (AvgIpc) is 3.61. The van der Waals surface area contributed by atoms with Gasteiger partial charge in [0.15, 0.2) is 4.96 Å². The number of rotatable bonds is 10. The fourth-order valence-electron chi connectivity index (χ4n) is 5.38. The van der Waals surface area contributed by atoms with Gasteiger partial charge in [0.05, 0.1) is 24.8 Å². The Labute approximate surface area is 239 Å². The Bertz CT molecular complexity index is 1470. The monoisotopic (exact) mass is 550 g/mol. The molecule has 6 rings (SSSR count). The van der Waals surface area contributed by atoms with E-state index < -0.39 is 0 Å². The van der Waals surface area contributed by atoms with Crippen LogP contribution in [0.3, 0.4) is 0 Å². The number of nitrogens with zero attached hydrogens (tertiary/aromatic N) is 4. The zero-order valence-electron chi connectivity index (χ0n) is 22.6. The number of imidazole rings is 1. The van der Waals surface area contributed by atoms with Crippen LogP contribution in [0.5, 0.6) is 0 Å². The normalized spacial score (nSPS) is 14.1. The van der Waals surface area contributed by atoms with Gasteiger partial charge in [-0.2, -0.15) is 0 Å². The first-order chi connectivity index (χ1) is 19.8. The predicted molar refractivity (Wildman–Crippen MR) is 161 cm³/mol. The number of carbonyl (C=O) groups is 1. The third-order valence-electron chi connectivity index (χ3n) is 7.61. The van der Waals surface area contributed by atoms with Crippen LogP contribution in [0, 0.1) is 0 Å².